The minimum atomic E-state index is -5.08. The monoisotopic (exact) mass is 570 g/mol. The van der Waals surface area contributed by atoms with Crippen molar-refractivity contribution in [1.29, 1.82) is 0 Å². The van der Waals surface area contributed by atoms with Crippen LogP contribution in [-0.4, -0.2) is 53.0 Å². The zero-order chi connectivity index (χ0) is 29.2. The second kappa shape index (κ2) is 14.4. The molecule has 0 aliphatic carbocycles. The number of carboxylic acid groups (broad SMARTS) is 1. The first-order valence-corrected chi connectivity index (χ1v) is 14.0. The lowest BCUT2D eigenvalue weighted by Gasteiger charge is -2.38. The number of phenolic OH excluding ortho intramolecular Hbond substituents is 1. The number of rotatable bonds is 8. The molecule has 0 amide bonds. The maximum absolute atomic E-state index is 10.6. The number of halogens is 3. The lowest BCUT2D eigenvalue weighted by atomic mass is 9.88. The van der Waals surface area contributed by atoms with Gasteiger partial charge in [-0.05, 0) is 85.2 Å². The molecule has 6 nitrogen and oxygen atoms in total. The molecule has 0 bridgehead atoms. The van der Waals surface area contributed by atoms with E-state index in [0.29, 0.717) is 11.8 Å². The standard InChI is InChI=1S/C30H36N2O2.C2HF3O2/c33-27-11-14-29-25(21-27)15-18-32(22-24-6-2-1-3-7-24)30(29)20-23-9-12-28(13-10-23)34-19-16-26-8-4-5-17-31-26;3-2(4,5)1(6)7/h1-3,6-7,9-14,21,26,30-31,33H,4-5,8,15-20,22H2;(H,6,7). The summed E-state index contributed by atoms with van der Waals surface area (Å²) in [6.45, 7) is 3.83. The molecule has 0 spiro atoms. The van der Waals surface area contributed by atoms with Crippen LogP contribution in [0.4, 0.5) is 13.2 Å². The molecule has 2 aliphatic rings. The van der Waals surface area contributed by atoms with Gasteiger partial charge in [-0.15, -0.1) is 0 Å². The number of aromatic hydroxyl groups is 1. The van der Waals surface area contributed by atoms with Crippen LogP contribution in [0.3, 0.4) is 0 Å². The number of alkyl halides is 3. The molecule has 1 saturated heterocycles. The second-order valence-corrected chi connectivity index (χ2v) is 10.5. The van der Waals surface area contributed by atoms with Crippen LogP contribution in [0.2, 0.25) is 0 Å². The van der Waals surface area contributed by atoms with E-state index in [4.69, 9.17) is 14.6 Å². The molecule has 0 saturated carbocycles. The first-order valence-electron chi connectivity index (χ1n) is 14.0. The molecule has 0 radical (unpaired) electrons. The predicted molar refractivity (Wildman–Crippen MR) is 151 cm³/mol. The highest BCUT2D eigenvalue weighted by atomic mass is 19.4. The van der Waals surface area contributed by atoms with Gasteiger partial charge in [0.15, 0.2) is 0 Å². The van der Waals surface area contributed by atoms with Crippen molar-refractivity contribution in [3.8, 4) is 11.5 Å². The Labute approximate surface area is 238 Å². The Morgan fingerprint density at radius 1 is 1.00 bits per heavy atom. The van der Waals surface area contributed by atoms with E-state index in [1.165, 1.54) is 41.5 Å². The van der Waals surface area contributed by atoms with Crippen molar-refractivity contribution in [3.05, 3.63) is 95.1 Å². The van der Waals surface area contributed by atoms with E-state index in [1.807, 2.05) is 12.1 Å². The number of piperidine rings is 1. The number of hydrogen-bond donors (Lipinski definition) is 3. The number of carboxylic acids is 1. The summed E-state index contributed by atoms with van der Waals surface area (Å²) in [4.78, 5) is 11.5. The van der Waals surface area contributed by atoms with Crippen molar-refractivity contribution in [1.82, 2.24) is 10.2 Å². The van der Waals surface area contributed by atoms with Gasteiger partial charge in [-0.25, -0.2) is 4.79 Å². The molecule has 3 aromatic rings. The van der Waals surface area contributed by atoms with Crippen molar-refractivity contribution in [2.24, 2.45) is 0 Å². The number of carbonyl (C=O) groups is 1. The predicted octanol–water partition coefficient (Wildman–Crippen LogP) is 6.28. The molecular formula is C32H37F3N2O4. The molecule has 2 aliphatic heterocycles. The molecular weight excluding hydrogens is 533 g/mol. The average Bonchev–Trinajstić information content (AvgIpc) is 2.96. The van der Waals surface area contributed by atoms with Gasteiger partial charge in [-0.3, -0.25) is 4.90 Å². The maximum Gasteiger partial charge on any atom is 0.490 e. The summed E-state index contributed by atoms with van der Waals surface area (Å²) in [6, 6.07) is 26.2. The van der Waals surface area contributed by atoms with Crippen LogP contribution in [0, 0.1) is 0 Å². The summed E-state index contributed by atoms with van der Waals surface area (Å²) in [6.07, 6.45) is 1.79. The highest BCUT2D eigenvalue weighted by Crippen LogP contribution is 2.35. The SMILES string of the molecule is O=C(O)C(F)(F)F.Oc1ccc2c(c1)CCN(Cc1ccccc1)C2Cc1ccc(OCCC2CCCCN2)cc1. The van der Waals surface area contributed by atoms with Gasteiger partial charge in [0.2, 0.25) is 0 Å². The molecule has 3 N–H and O–H groups in total. The Bertz CT molecular complexity index is 1250. The lowest BCUT2D eigenvalue weighted by Crippen LogP contribution is -2.36. The minimum absolute atomic E-state index is 0.286. The molecule has 0 aromatic heterocycles. The van der Waals surface area contributed by atoms with E-state index in [-0.39, 0.29) is 6.04 Å². The average molecular weight is 571 g/mol. The first kappa shape index (κ1) is 30.4. The molecule has 3 aromatic carbocycles. The maximum atomic E-state index is 10.6. The van der Waals surface area contributed by atoms with E-state index in [9.17, 15) is 18.3 Å². The van der Waals surface area contributed by atoms with Gasteiger partial charge in [-0.1, -0.05) is 55.0 Å². The molecule has 2 unspecified atom stereocenters. The first-order chi connectivity index (χ1) is 19.7. The van der Waals surface area contributed by atoms with E-state index < -0.39 is 12.1 Å². The third-order valence-electron chi connectivity index (χ3n) is 7.57. The number of phenols is 1. The smallest absolute Gasteiger partial charge is 0.490 e. The molecule has 1 fully saturated rings. The third kappa shape index (κ3) is 9.23. The third-order valence-corrected chi connectivity index (χ3v) is 7.57. The zero-order valence-electron chi connectivity index (χ0n) is 22.9. The van der Waals surface area contributed by atoms with Gasteiger partial charge in [0.25, 0.3) is 0 Å². The fraction of sp³-hybridized carbons (Fsp3) is 0.406. The van der Waals surface area contributed by atoms with Crippen molar-refractivity contribution in [3.63, 3.8) is 0 Å². The van der Waals surface area contributed by atoms with Crippen LogP contribution in [0.15, 0.2) is 72.8 Å². The van der Waals surface area contributed by atoms with Crippen molar-refractivity contribution >= 4 is 5.97 Å². The summed E-state index contributed by atoms with van der Waals surface area (Å²) >= 11 is 0. The highest BCUT2D eigenvalue weighted by Gasteiger charge is 2.38. The Balaban J connectivity index is 0.000000493. The lowest BCUT2D eigenvalue weighted by molar-refractivity contribution is -0.192. The van der Waals surface area contributed by atoms with Crippen LogP contribution in [0.5, 0.6) is 11.5 Å². The van der Waals surface area contributed by atoms with Gasteiger partial charge < -0.3 is 20.3 Å². The fourth-order valence-corrected chi connectivity index (χ4v) is 5.43. The van der Waals surface area contributed by atoms with Gasteiger partial charge in [0.1, 0.15) is 11.5 Å². The van der Waals surface area contributed by atoms with E-state index >= 15 is 0 Å². The zero-order valence-corrected chi connectivity index (χ0v) is 22.9. The summed E-state index contributed by atoms with van der Waals surface area (Å²) in [5.74, 6) is -1.44. The number of fused-ring (bicyclic) bond motifs is 1. The van der Waals surface area contributed by atoms with Crippen LogP contribution in [0.25, 0.3) is 0 Å². The molecule has 5 rings (SSSR count). The molecule has 41 heavy (non-hydrogen) atoms. The normalized spacial score (nSPS) is 19.0. The van der Waals surface area contributed by atoms with Crippen LogP contribution in [0.1, 0.15) is 54.0 Å². The minimum Gasteiger partial charge on any atom is -0.508 e. The molecule has 220 valence electrons. The van der Waals surface area contributed by atoms with Crippen LogP contribution < -0.4 is 10.1 Å². The van der Waals surface area contributed by atoms with Gasteiger partial charge in [-0.2, -0.15) is 13.2 Å². The van der Waals surface area contributed by atoms with Gasteiger partial charge in [0.05, 0.1) is 6.61 Å². The van der Waals surface area contributed by atoms with Crippen molar-refractivity contribution < 1.29 is 32.9 Å². The van der Waals surface area contributed by atoms with Gasteiger partial charge in [0, 0.05) is 25.2 Å². The summed E-state index contributed by atoms with van der Waals surface area (Å²) < 4.78 is 37.8. The van der Waals surface area contributed by atoms with Crippen LogP contribution >= 0.6 is 0 Å². The highest BCUT2D eigenvalue weighted by molar-refractivity contribution is 5.73. The second-order valence-electron chi connectivity index (χ2n) is 10.5. The van der Waals surface area contributed by atoms with E-state index in [1.54, 1.807) is 0 Å². The molecule has 9 heteroatoms. The van der Waals surface area contributed by atoms with Crippen molar-refractivity contribution in [2.75, 3.05) is 19.7 Å². The van der Waals surface area contributed by atoms with E-state index in [2.05, 4.69) is 70.9 Å². The quantitative estimate of drug-likeness (QED) is 0.296. The summed E-state index contributed by atoms with van der Waals surface area (Å²) in [5.41, 5.74) is 5.25. The Hall–Kier alpha value is -3.56. The summed E-state index contributed by atoms with van der Waals surface area (Å²) in [5, 5.41) is 20.7. The van der Waals surface area contributed by atoms with Crippen molar-refractivity contribution in [2.45, 2.75) is 63.3 Å². The number of nitrogens with one attached hydrogen (secondary N) is 1. The van der Waals surface area contributed by atoms with Crippen LogP contribution in [-0.2, 0) is 24.2 Å². The van der Waals surface area contributed by atoms with Gasteiger partial charge >= 0.3 is 12.1 Å². The van der Waals surface area contributed by atoms with E-state index in [0.717, 1.165) is 51.3 Å². The Kier molecular flexibility index (Phi) is 10.7. The molecule has 2 heterocycles. The largest absolute Gasteiger partial charge is 0.508 e. The number of benzene rings is 3. The molecule has 2 atom stereocenters. The Morgan fingerprint density at radius 2 is 1.73 bits per heavy atom. The number of hydrogen-bond acceptors (Lipinski definition) is 5. The number of nitrogens with zero attached hydrogens (tertiary/aromatic N) is 1. The topological polar surface area (TPSA) is 82.0 Å². The number of aliphatic carboxylic acids is 1. The summed E-state index contributed by atoms with van der Waals surface area (Å²) in [7, 11) is 0. The number of ether oxygens (including phenoxy) is 1. The fourth-order valence-electron chi connectivity index (χ4n) is 5.43. The Morgan fingerprint density at radius 3 is 2.39 bits per heavy atom.